The quantitative estimate of drug-likeness (QED) is 0.566. The van der Waals surface area contributed by atoms with Crippen molar-refractivity contribution in [1.29, 1.82) is 0 Å². The summed E-state index contributed by atoms with van der Waals surface area (Å²) in [7, 11) is 1.88. The summed E-state index contributed by atoms with van der Waals surface area (Å²) in [6.07, 6.45) is 5.67. The lowest BCUT2D eigenvalue weighted by Crippen LogP contribution is -2.00. The zero-order chi connectivity index (χ0) is 15.3. The fraction of sp³-hybridized carbons (Fsp3) is 0.200. The van der Waals surface area contributed by atoms with Crippen LogP contribution in [0.25, 0.3) is 22.9 Å². The molecule has 0 aliphatic rings. The lowest BCUT2D eigenvalue weighted by atomic mass is 10.3. The first-order valence-electron chi connectivity index (χ1n) is 7.00. The number of pyridine rings is 1. The minimum Gasteiger partial charge on any atom is -0.304 e. The van der Waals surface area contributed by atoms with Gasteiger partial charge in [0.05, 0.1) is 18.1 Å². The third-order valence-corrected chi connectivity index (χ3v) is 3.63. The predicted molar refractivity (Wildman–Crippen MR) is 81.8 cm³/mol. The number of nitrogens with zero attached hydrogens (tertiary/aromatic N) is 7. The molecule has 4 aromatic rings. The van der Waals surface area contributed by atoms with Crippen LogP contribution in [0.15, 0.2) is 36.8 Å². The lowest BCUT2D eigenvalue weighted by molar-refractivity contribution is 0.766. The average Bonchev–Trinajstić information content (AvgIpc) is 3.17. The van der Waals surface area contributed by atoms with E-state index in [0.29, 0.717) is 5.82 Å². The molecular formula is C15H15N7. The SMILES string of the molecule is Cc1nc(-c2nc3ccccn3c2C)n(-c2cnn(C)c2)n1. The van der Waals surface area contributed by atoms with Crippen LogP contribution in [0, 0.1) is 13.8 Å². The molecule has 0 bridgehead atoms. The Kier molecular flexibility index (Phi) is 2.62. The van der Waals surface area contributed by atoms with Crippen molar-refractivity contribution < 1.29 is 0 Å². The summed E-state index contributed by atoms with van der Waals surface area (Å²) in [6.45, 7) is 3.91. The molecule has 110 valence electrons. The summed E-state index contributed by atoms with van der Waals surface area (Å²) in [5, 5.41) is 8.69. The van der Waals surface area contributed by atoms with E-state index in [-0.39, 0.29) is 0 Å². The van der Waals surface area contributed by atoms with Crippen LogP contribution in [0.3, 0.4) is 0 Å². The predicted octanol–water partition coefficient (Wildman–Crippen LogP) is 1.93. The van der Waals surface area contributed by atoms with E-state index in [9.17, 15) is 0 Å². The van der Waals surface area contributed by atoms with Crippen LogP contribution in [0.4, 0.5) is 0 Å². The van der Waals surface area contributed by atoms with Gasteiger partial charge in [0.25, 0.3) is 0 Å². The molecule has 0 radical (unpaired) electrons. The zero-order valence-electron chi connectivity index (χ0n) is 12.6. The Bertz CT molecular complexity index is 973. The molecule has 0 saturated heterocycles. The molecule has 0 aromatic carbocycles. The Morgan fingerprint density at radius 3 is 2.68 bits per heavy atom. The fourth-order valence-electron chi connectivity index (χ4n) is 2.60. The second-order valence-electron chi connectivity index (χ2n) is 5.24. The number of imidazole rings is 1. The Labute approximate surface area is 126 Å². The molecule has 0 aliphatic carbocycles. The van der Waals surface area contributed by atoms with Crippen LogP contribution in [0.2, 0.25) is 0 Å². The molecule has 4 aromatic heterocycles. The van der Waals surface area contributed by atoms with Crippen molar-refractivity contribution in [2.24, 2.45) is 7.05 Å². The average molecular weight is 293 g/mol. The number of hydrogen-bond donors (Lipinski definition) is 0. The van der Waals surface area contributed by atoms with E-state index in [1.54, 1.807) is 15.6 Å². The Hall–Kier alpha value is -2.96. The van der Waals surface area contributed by atoms with Crippen LogP contribution in [0.5, 0.6) is 0 Å². The van der Waals surface area contributed by atoms with E-state index in [4.69, 9.17) is 4.98 Å². The molecule has 0 atom stereocenters. The number of rotatable bonds is 2. The van der Waals surface area contributed by atoms with E-state index >= 15 is 0 Å². The van der Waals surface area contributed by atoms with Crippen molar-refractivity contribution in [1.82, 2.24) is 33.9 Å². The Morgan fingerprint density at radius 2 is 1.95 bits per heavy atom. The Balaban J connectivity index is 1.97. The normalized spacial score (nSPS) is 11.4. The summed E-state index contributed by atoms with van der Waals surface area (Å²) in [5.41, 5.74) is 3.63. The van der Waals surface area contributed by atoms with Crippen LogP contribution < -0.4 is 0 Å². The van der Waals surface area contributed by atoms with Gasteiger partial charge in [-0.15, -0.1) is 0 Å². The molecule has 0 fully saturated rings. The molecule has 0 spiro atoms. The maximum absolute atomic E-state index is 4.70. The minimum atomic E-state index is 0.704. The first kappa shape index (κ1) is 12.8. The van der Waals surface area contributed by atoms with Gasteiger partial charge in [-0.05, 0) is 26.0 Å². The number of hydrogen-bond acceptors (Lipinski definition) is 4. The van der Waals surface area contributed by atoms with E-state index in [1.807, 2.05) is 55.9 Å². The molecule has 7 heteroatoms. The molecule has 0 aliphatic heterocycles. The van der Waals surface area contributed by atoms with Crippen molar-refractivity contribution >= 4 is 5.65 Å². The van der Waals surface area contributed by atoms with Crippen LogP contribution in [-0.2, 0) is 7.05 Å². The molecule has 22 heavy (non-hydrogen) atoms. The summed E-state index contributed by atoms with van der Waals surface area (Å²) in [5.74, 6) is 1.43. The highest BCUT2D eigenvalue weighted by Gasteiger charge is 2.19. The van der Waals surface area contributed by atoms with Crippen LogP contribution in [-0.4, -0.2) is 33.9 Å². The van der Waals surface area contributed by atoms with Crippen LogP contribution in [0.1, 0.15) is 11.5 Å². The van der Waals surface area contributed by atoms with Gasteiger partial charge in [-0.25, -0.2) is 14.6 Å². The van der Waals surface area contributed by atoms with Crippen molar-refractivity contribution in [2.75, 3.05) is 0 Å². The molecule has 4 heterocycles. The first-order valence-corrected chi connectivity index (χ1v) is 7.00. The minimum absolute atomic E-state index is 0.704. The monoisotopic (exact) mass is 293 g/mol. The van der Waals surface area contributed by atoms with Crippen molar-refractivity contribution in [3.63, 3.8) is 0 Å². The van der Waals surface area contributed by atoms with Crippen LogP contribution >= 0.6 is 0 Å². The summed E-state index contributed by atoms with van der Waals surface area (Å²) >= 11 is 0. The third kappa shape index (κ3) is 1.82. The molecule has 7 nitrogen and oxygen atoms in total. The van der Waals surface area contributed by atoms with Gasteiger partial charge < -0.3 is 4.40 Å². The maximum Gasteiger partial charge on any atom is 0.183 e. The topological polar surface area (TPSA) is 65.8 Å². The lowest BCUT2D eigenvalue weighted by Gasteiger charge is -2.01. The highest BCUT2D eigenvalue weighted by atomic mass is 15.4. The van der Waals surface area contributed by atoms with E-state index in [0.717, 1.165) is 28.5 Å². The maximum atomic E-state index is 4.70. The number of fused-ring (bicyclic) bond motifs is 1. The smallest absolute Gasteiger partial charge is 0.183 e. The van der Waals surface area contributed by atoms with Gasteiger partial charge in [0.2, 0.25) is 0 Å². The number of aryl methyl sites for hydroxylation is 3. The van der Waals surface area contributed by atoms with Gasteiger partial charge in [-0.2, -0.15) is 10.2 Å². The highest BCUT2D eigenvalue weighted by molar-refractivity contribution is 5.62. The van der Waals surface area contributed by atoms with E-state index < -0.39 is 0 Å². The van der Waals surface area contributed by atoms with Crippen molar-refractivity contribution in [3.8, 4) is 17.2 Å². The zero-order valence-corrected chi connectivity index (χ0v) is 12.6. The molecule has 0 N–H and O–H groups in total. The second kappa shape index (κ2) is 4.52. The van der Waals surface area contributed by atoms with Gasteiger partial charge >= 0.3 is 0 Å². The van der Waals surface area contributed by atoms with E-state index in [1.165, 1.54) is 0 Å². The summed E-state index contributed by atoms with van der Waals surface area (Å²) < 4.78 is 5.58. The Morgan fingerprint density at radius 1 is 1.09 bits per heavy atom. The summed E-state index contributed by atoms with van der Waals surface area (Å²) in [6, 6.07) is 5.94. The first-order chi connectivity index (χ1) is 10.6. The fourth-order valence-corrected chi connectivity index (χ4v) is 2.60. The van der Waals surface area contributed by atoms with Crippen molar-refractivity contribution in [2.45, 2.75) is 13.8 Å². The standard InChI is InChI=1S/C15H15N7/c1-10-14(18-13-6-4-5-7-21(10)13)15-17-11(2)19-22(15)12-8-16-20(3)9-12/h4-9H,1-3H3. The third-order valence-electron chi connectivity index (χ3n) is 3.63. The molecule has 0 unspecified atom stereocenters. The molecular weight excluding hydrogens is 278 g/mol. The van der Waals surface area contributed by atoms with Gasteiger partial charge in [0.15, 0.2) is 5.82 Å². The molecule has 4 rings (SSSR count). The van der Waals surface area contributed by atoms with Crippen molar-refractivity contribution in [3.05, 3.63) is 48.3 Å². The van der Waals surface area contributed by atoms with Gasteiger partial charge in [-0.3, -0.25) is 4.68 Å². The highest BCUT2D eigenvalue weighted by Crippen LogP contribution is 2.24. The molecule has 0 saturated carbocycles. The number of aromatic nitrogens is 7. The van der Waals surface area contributed by atoms with Gasteiger partial charge in [0.1, 0.15) is 22.9 Å². The van der Waals surface area contributed by atoms with E-state index in [2.05, 4.69) is 15.2 Å². The largest absolute Gasteiger partial charge is 0.304 e. The second-order valence-corrected chi connectivity index (χ2v) is 5.24. The van der Waals surface area contributed by atoms with Gasteiger partial charge in [0, 0.05) is 13.2 Å². The molecule has 0 amide bonds. The summed E-state index contributed by atoms with van der Waals surface area (Å²) in [4.78, 5) is 9.26. The van der Waals surface area contributed by atoms with Gasteiger partial charge in [-0.1, -0.05) is 6.07 Å².